The van der Waals surface area contributed by atoms with E-state index in [0.29, 0.717) is 6.42 Å². The van der Waals surface area contributed by atoms with Crippen molar-refractivity contribution >= 4 is 11.9 Å². The third-order valence-electron chi connectivity index (χ3n) is 1.62. The number of carboxylic acids is 1. The van der Waals surface area contributed by atoms with Crippen molar-refractivity contribution in [1.82, 2.24) is 0 Å². The largest absolute Gasteiger partial charge is 0.478 e. The van der Waals surface area contributed by atoms with Crippen LogP contribution in [0.15, 0.2) is 12.2 Å². The molecule has 3 N–H and O–H groups in total. The topological polar surface area (TPSA) is 89.6 Å². The van der Waals surface area contributed by atoms with Gasteiger partial charge in [-0.3, -0.25) is 0 Å². The number of ether oxygens (including phenoxy) is 1. The van der Waals surface area contributed by atoms with Gasteiger partial charge in [0.25, 0.3) is 0 Å². The summed E-state index contributed by atoms with van der Waals surface area (Å²) in [6.07, 6.45) is 1.83. The molecule has 2 unspecified atom stereocenters. The van der Waals surface area contributed by atoms with Gasteiger partial charge in [0.1, 0.15) is 6.10 Å². The van der Waals surface area contributed by atoms with Crippen LogP contribution in [0.3, 0.4) is 0 Å². The third kappa shape index (κ3) is 5.31. The maximum absolute atomic E-state index is 11.0. The molecule has 0 aliphatic heterocycles. The minimum atomic E-state index is -1.18. The summed E-state index contributed by atoms with van der Waals surface area (Å²) in [5.41, 5.74) is 5.53. The molecule has 5 nitrogen and oxygen atoms in total. The average molecular weight is 201 g/mol. The molecular formula is C9H15NO4. The number of aliphatic carboxylic acids is 1. The van der Waals surface area contributed by atoms with E-state index >= 15 is 0 Å². The van der Waals surface area contributed by atoms with E-state index in [1.54, 1.807) is 6.92 Å². The van der Waals surface area contributed by atoms with Crippen LogP contribution in [0.25, 0.3) is 0 Å². The fourth-order valence-electron chi connectivity index (χ4n) is 0.890. The van der Waals surface area contributed by atoms with Crippen LogP contribution in [-0.2, 0) is 14.3 Å². The fraction of sp³-hybridized carbons (Fsp3) is 0.556. The number of hydrogen-bond acceptors (Lipinski definition) is 4. The molecule has 0 rings (SSSR count). The smallest absolute Gasteiger partial charge is 0.331 e. The average Bonchev–Trinajstić information content (AvgIpc) is 2.10. The number of carbonyl (C=O) groups is 2. The van der Waals surface area contributed by atoms with Gasteiger partial charge in [0, 0.05) is 18.2 Å². The highest BCUT2D eigenvalue weighted by molar-refractivity contribution is 5.90. The fourth-order valence-corrected chi connectivity index (χ4v) is 0.890. The van der Waals surface area contributed by atoms with Gasteiger partial charge in [-0.25, -0.2) is 9.59 Å². The van der Waals surface area contributed by atoms with Crippen LogP contribution in [0, 0.1) is 0 Å². The third-order valence-corrected chi connectivity index (χ3v) is 1.62. The van der Waals surface area contributed by atoms with Gasteiger partial charge in [-0.05, 0) is 13.3 Å². The first-order chi connectivity index (χ1) is 6.47. The summed E-state index contributed by atoms with van der Waals surface area (Å²) >= 11 is 0. The molecule has 0 aliphatic rings. The second-order valence-corrected chi connectivity index (χ2v) is 2.91. The maximum atomic E-state index is 11.0. The van der Waals surface area contributed by atoms with Crippen molar-refractivity contribution in [2.75, 3.05) is 0 Å². The molecule has 2 atom stereocenters. The highest BCUT2D eigenvalue weighted by Gasteiger charge is 2.14. The lowest BCUT2D eigenvalue weighted by molar-refractivity contribution is -0.144. The Bertz CT molecular complexity index is 235. The van der Waals surface area contributed by atoms with Crippen LogP contribution in [0.4, 0.5) is 0 Å². The molecule has 0 aromatic rings. The zero-order valence-corrected chi connectivity index (χ0v) is 8.27. The Labute approximate surface area is 82.5 Å². The summed E-state index contributed by atoms with van der Waals surface area (Å²) < 4.78 is 4.90. The van der Waals surface area contributed by atoms with E-state index in [0.717, 1.165) is 12.2 Å². The van der Waals surface area contributed by atoms with Gasteiger partial charge >= 0.3 is 11.9 Å². The van der Waals surface area contributed by atoms with Gasteiger partial charge < -0.3 is 15.6 Å². The molecule has 0 aromatic heterocycles. The van der Waals surface area contributed by atoms with Crippen LogP contribution < -0.4 is 5.73 Å². The molecular weight excluding hydrogens is 186 g/mol. The van der Waals surface area contributed by atoms with Crippen LogP contribution in [0.2, 0.25) is 0 Å². The number of carbonyl (C=O) groups excluding carboxylic acids is 1. The Hall–Kier alpha value is -1.36. The first-order valence-electron chi connectivity index (χ1n) is 4.34. The van der Waals surface area contributed by atoms with Crippen molar-refractivity contribution in [3.63, 3.8) is 0 Å². The lowest BCUT2D eigenvalue weighted by Gasteiger charge is -2.18. The quantitative estimate of drug-likeness (QED) is 0.493. The van der Waals surface area contributed by atoms with E-state index in [4.69, 9.17) is 15.6 Å². The van der Waals surface area contributed by atoms with Gasteiger partial charge in [0.2, 0.25) is 0 Å². The molecule has 0 heterocycles. The first-order valence-corrected chi connectivity index (χ1v) is 4.34. The van der Waals surface area contributed by atoms with Crippen molar-refractivity contribution in [3.8, 4) is 0 Å². The monoisotopic (exact) mass is 201 g/mol. The van der Waals surface area contributed by atoms with Gasteiger partial charge in [-0.15, -0.1) is 0 Å². The molecule has 80 valence electrons. The standard InChI is InChI=1S/C9H15NO4/c1-3-7(6(2)10)14-9(13)5-4-8(11)12/h4-7H,3,10H2,1-2H3,(H,11,12). The number of hydrogen-bond donors (Lipinski definition) is 2. The van der Waals surface area contributed by atoms with E-state index in [9.17, 15) is 9.59 Å². The van der Waals surface area contributed by atoms with Crippen molar-refractivity contribution in [2.24, 2.45) is 5.73 Å². The normalized spacial score (nSPS) is 15.1. The van der Waals surface area contributed by atoms with Crippen LogP contribution in [0.1, 0.15) is 20.3 Å². The van der Waals surface area contributed by atoms with Gasteiger partial charge in [-0.1, -0.05) is 6.92 Å². The lowest BCUT2D eigenvalue weighted by atomic mass is 10.1. The Morgan fingerprint density at radius 1 is 1.50 bits per heavy atom. The van der Waals surface area contributed by atoms with Crippen molar-refractivity contribution in [1.29, 1.82) is 0 Å². The maximum Gasteiger partial charge on any atom is 0.331 e. The molecule has 0 amide bonds. The Kier molecular flexibility index (Phi) is 5.55. The van der Waals surface area contributed by atoms with Crippen LogP contribution in [-0.4, -0.2) is 29.2 Å². The first kappa shape index (κ1) is 12.6. The van der Waals surface area contributed by atoms with Gasteiger partial charge in [0.15, 0.2) is 0 Å². The lowest BCUT2D eigenvalue weighted by Crippen LogP contribution is -2.34. The molecule has 0 aromatic carbocycles. The molecule has 0 saturated heterocycles. The summed E-state index contributed by atoms with van der Waals surface area (Å²) in [7, 11) is 0. The molecule has 5 heteroatoms. The Morgan fingerprint density at radius 3 is 2.43 bits per heavy atom. The van der Waals surface area contributed by atoms with E-state index in [-0.39, 0.29) is 12.1 Å². The molecule has 0 fully saturated rings. The highest BCUT2D eigenvalue weighted by atomic mass is 16.5. The highest BCUT2D eigenvalue weighted by Crippen LogP contribution is 2.02. The van der Waals surface area contributed by atoms with E-state index < -0.39 is 11.9 Å². The SMILES string of the molecule is CCC(OC(=O)C=CC(=O)O)C(C)N. The Morgan fingerprint density at radius 2 is 2.07 bits per heavy atom. The van der Waals surface area contributed by atoms with Crippen LogP contribution >= 0.6 is 0 Å². The van der Waals surface area contributed by atoms with Crippen molar-refractivity contribution < 1.29 is 19.4 Å². The molecule has 14 heavy (non-hydrogen) atoms. The molecule has 0 spiro atoms. The Balaban J connectivity index is 4.10. The van der Waals surface area contributed by atoms with E-state index in [2.05, 4.69) is 0 Å². The van der Waals surface area contributed by atoms with E-state index in [1.807, 2.05) is 6.92 Å². The number of nitrogens with two attached hydrogens (primary N) is 1. The minimum Gasteiger partial charge on any atom is -0.478 e. The molecule has 0 bridgehead atoms. The predicted molar refractivity (Wildman–Crippen MR) is 50.6 cm³/mol. The molecule has 0 saturated carbocycles. The zero-order chi connectivity index (χ0) is 11.1. The second-order valence-electron chi connectivity index (χ2n) is 2.91. The summed E-state index contributed by atoms with van der Waals surface area (Å²) in [6, 6.07) is -0.262. The predicted octanol–water partition coefficient (Wildman–Crippen LogP) is 0.296. The van der Waals surface area contributed by atoms with E-state index in [1.165, 1.54) is 0 Å². The zero-order valence-electron chi connectivity index (χ0n) is 8.27. The van der Waals surface area contributed by atoms with Gasteiger partial charge in [0.05, 0.1) is 0 Å². The summed E-state index contributed by atoms with van der Waals surface area (Å²) in [5, 5.41) is 8.24. The van der Waals surface area contributed by atoms with Crippen molar-refractivity contribution in [2.45, 2.75) is 32.4 Å². The van der Waals surface area contributed by atoms with Crippen molar-refractivity contribution in [3.05, 3.63) is 12.2 Å². The number of carboxylic acid groups (broad SMARTS) is 1. The minimum absolute atomic E-state index is 0.262. The molecule has 0 aliphatic carbocycles. The second kappa shape index (κ2) is 6.15. The molecule has 0 radical (unpaired) electrons. The van der Waals surface area contributed by atoms with Crippen LogP contribution in [0.5, 0.6) is 0 Å². The number of esters is 1. The summed E-state index contributed by atoms with van der Waals surface area (Å²) in [4.78, 5) is 21.1. The number of rotatable bonds is 5. The summed E-state index contributed by atoms with van der Waals surface area (Å²) in [6.45, 7) is 3.56. The van der Waals surface area contributed by atoms with Gasteiger partial charge in [-0.2, -0.15) is 0 Å². The summed E-state index contributed by atoms with van der Waals surface area (Å²) in [5.74, 6) is -1.87.